The van der Waals surface area contributed by atoms with Crippen molar-refractivity contribution in [2.24, 2.45) is 11.1 Å². The van der Waals surface area contributed by atoms with Gasteiger partial charge in [0, 0.05) is 13.2 Å². The van der Waals surface area contributed by atoms with Gasteiger partial charge in [0.05, 0.1) is 0 Å². The molecule has 2 nitrogen and oxygen atoms in total. The van der Waals surface area contributed by atoms with Crippen molar-refractivity contribution in [2.75, 3.05) is 19.8 Å². The fourth-order valence-corrected chi connectivity index (χ4v) is 2.29. The van der Waals surface area contributed by atoms with Crippen LogP contribution < -0.4 is 5.73 Å². The smallest absolute Gasteiger partial charge is 0.0471 e. The minimum Gasteiger partial charge on any atom is -0.381 e. The highest BCUT2D eigenvalue weighted by atomic mass is 16.5. The van der Waals surface area contributed by atoms with E-state index in [1.807, 2.05) is 0 Å². The van der Waals surface area contributed by atoms with Crippen LogP contribution >= 0.6 is 0 Å². The lowest BCUT2D eigenvalue weighted by Crippen LogP contribution is -2.36. The predicted molar refractivity (Wildman–Crippen MR) is 60.3 cm³/mol. The van der Waals surface area contributed by atoms with Crippen LogP contribution in [0.2, 0.25) is 0 Å². The Kier molecular flexibility index (Phi) is 5.49. The average Bonchev–Trinajstić information content (AvgIpc) is 2.26. The van der Waals surface area contributed by atoms with Crippen molar-refractivity contribution in [1.29, 1.82) is 0 Å². The molecule has 0 unspecified atom stereocenters. The fourth-order valence-electron chi connectivity index (χ4n) is 2.29. The van der Waals surface area contributed by atoms with E-state index in [1.54, 1.807) is 0 Å². The van der Waals surface area contributed by atoms with E-state index in [-0.39, 0.29) is 0 Å². The van der Waals surface area contributed by atoms with Crippen molar-refractivity contribution < 1.29 is 4.74 Å². The second-order valence-electron chi connectivity index (χ2n) is 4.63. The van der Waals surface area contributed by atoms with Crippen LogP contribution in [0.15, 0.2) is 0 Å². The van der Waals surface area contributed by atoms with Crippen LogP contribution in [0, 0.1) is 5.41 Å². The third kappa shape index (κ3) is 3.58. The number of ether oxygens (including phenoxy) is 1. The van der Waals surface area contributed by atoms with E-state index < -0.39 is 0 Å². The normalized spacial score (nSPS) is 21.0. The summed E-state index contributed by atoms with van der Waals surface area (Å²) >= 11 is 0. The van der Waals surface area contributed by atoms with Gasteiger partial charge in [-0.15, -0.1) is 0 Å². The maximum absolute atomic E-state index is 5.90. The molecule has 1 rings (SSSR count). The summed E-state index contributed by atoms with van der Waals surface area (Å²) in [7, 11) is 0. The molecule has 0 spiro atoms. The molecule has 1 aliphatic heterocycles. The van der Waals surface area contributed by atoms with E-state index in [0.29, 0.717) is 5.41 Å². The minimum absolute atomic E-state index is 0.423. The Labute approximate surface area is 88.2 Å². The molecular formula is C12H25NO. The SMILES string of the molecule is CCCCCCC1(CN)CCOCC1. The highest BCUT2D eigenvalue weighted by Gasteiger charge is 2.30. The van der Waals surface area contributed by atoms with E-state index in [9.17, 15) is 0 Å². The molecular weight excluding hydrogens is 174 g/mol. The highest BCUT2D eigenvalue weighted by molar-refractivity contribution is 4.82. The number of rotatable bonds is 6. The van der Waals surface area contributed by atoms with Gasteiger partial charge < -0.3 is 10.5 Å². The van der Waals surface area contributed by atoms with Gasteiger partial charge in [-0.1, -0.05) is 32.6 Å². The van der Waals surface area contributed by atoms with E-state index >= 15 is 0 Å². The van der Waals surface area contributed by atoms with Gasteiger partial charge in [0.25, 0.3) is 0 Å². The summed E-state index contributed by atoms with van der Waals surface area (Å²) in [6.45, 7) is 4.95. The Balaban J connectivity index is 2.22. The van der Waals surface area contributed by atoms with Crippen LogP contribution in [0.5, 0.6) is 0 Å². The van der Waals surface area contributed by atoms with Crippen LogP contribution in [-0.4, -0.2) is 19.8 Å². The van der Waals surface area contributed by atoms with E-state index in [1.165, 1.54) is 44.9 Å². The van der Waals surface area contributed by atoms with Crippen molar-refractivity contribution in [1.82, 2.24) is 0 Å². The molecule has 0 saturated carbocycles. The van der Waals surface area contributed by atoms with Gasteiger partial charge in [0.2, 0.25) is 0 Å². The maximum atomic E-state index is 5.90. The number of nitrogens with two attached hydrogens (primary N) is 1. The van der Waals surface area contributed by atoms with Crippen LogP contribution in [0.1, 0.15) is 51.9 Å². The fraction of sp³-hybridized carbons (Fsp3) is 1.00. The lowest BCUT2D eigenvalue weighted by molar-refractivity contribution is 0.0135. The first-order valence-electron chi connectivity index (χ1n) is 6.11. The minimum atomic E-state index is 0.423. The Morgan fingerprint density at radius 2 is 1.86 bits per heavy atom. The molecule has 1 aliphatic rings. The molecule has 1 heterocycles. The van der Waals surface area contributed by atoms with Gasteiger partial charge in [-0.2, -0.15) is 0 Å². The highest BCUT2D eigenvalue weighted by Crippen LogP contribution is 2.34. The number of hydrogen-bond donors (Lipinski definition) is 1. The monoisotopic (exact) mass is 199 g/mol. The van der Waals surface area contributed by atoms with Crippen LogP contribution in [0.3, 0.4) is 0 Å². The summed E-state index contributed by atoms with van der Waals surface area (Å²) in [5.74, 6) is 0. The van der Waals surface area contributed by atoms with Crippen molar-refractivity contribution in [3.63, 3.8) is 0 Å². The van der Waals surface area contributed by atoms with Gasteiger partial charge in [0.15, 0.2) is 0 Å². The number of unbranched alkanes of at least 4 members (excludes halogenated alkanes) is 3. The molecule has 0 radical (unpaired) electrons. The summed E-state index contributed by atoms with van der Waals surface area (Å²) in [6, 6.07) is 0. The molecule has 0 atom stereocenters. The third-order valence-corrected chi connectivity index (χ3v) is 3.55. The zero-order valence-corrected chi connectivity index (χ0v) is 9.56. The standard InChI is InChI=1S/C12H25NO/c1-2-3-4-5-6-12(11-13)7-9-14-10-8-12/h2-11,13H2,1H3. The lowest BCUT2D eigenvalue weighted by Gasteiger charge is -2.36. The van der Waals surface area contributed by atoms with E-state index in [4.69, 9.17) is 10.5 Å². The molecule has 14 heavy (non-hydrogen) atoms. The van der Waals surface area contributed by atoms with Gasteiger partial charge in [-0.05, 0) is 31.2 Å². The van der Waals surface area contributed by atoms with Gasteiger partial charge in [0.1, 0.15) is 0 Å². The maximum Gasteiger partial charge on any atom is 0.0471 e. The predicted octanol–water partition coefficient (Wildman–Crippen LogP) is 2.71. The molecule has 0 aromatic heterocycles. The first-order valence-corrected chi connectivity index (χ1v) is 6.11. The zero-order valence-electron chi connectivity index (χ0n) is 9.56. The first kappa shape index (κ1) is 12.0. The summed E-state index contributed by atoms with van der Waals surface area (Å²) in [5, 5.41) is 0. The second kappa shape index (κ2) is 6.41. The largest absolute Gasteiger partial charge is 0.381 e. The first-order chi connectivity index (χ1) is 6.83. The molecule has 0 aromatic rings. The molecule has 1 fully saturated rings. The van der Waals surface area contributed by atoms with Gasteiger partial charge in [-0.25, -0.2) is 0 Å². The van der Waals surface area contributed by atoms with E-state index in [2.05, 4.69) is 6.92 Å². The molecule has 2 N–H and O–H groups in total. The lowest BCUT2D eigenvalue weighted by atomic mass is 9.76. The van der Waals surface area contributed by atoms with Crippen molar-refractivity contribution in [3.8, 4) is 0 Å². The topological polar surface area (TPSA) is 35.2 Å². The molecule has 0 bridgehead atoms. The summed E-state index contributed by atoms with van der Waals surface area (Å²) < 4.78 is 5.40. The zero-order chi connectivity index (χ0) is 10.3. The summed E-state index contributed by atoms with van der Waals surface area (Å²) in [4.78, 5) is 0. The Hall–Kier alpha value is -0.0800. The quantitative estimate of drug-likeness (QED) is 0.668. The molecule has 0 aliphatic carbocycles. The van der Waals surface area contributed by atoms with Crippen molar-refractivity contribution in [2.45, 2.75) is 51.9 Å². The third-order valence-electron chi connectivity index (χ3n) is 3.55. The van der Waals surface area contributed by atoms with Crippen LogP contribution in [0.4, 0.5) is 0 Å². The van der Waals surface area contributed by atoms with Gasteiger partial charge in [-0.3, -0.25) is 0 Å². The molecule has 84 valence electrons. The van der Waals surface area contributed by atoms with Gasteiger partial charge >= 0.3 is 0 Å². The van der Waals surface area contributed by atoms with Crippen LogP contribution in [-0.2, 0) is 4.74 Å². The second-order valence-corrected chi connectivity index (χ2v) is 4.63. The average molecular weight is 199 g/mol. The molecule has 2 heteroatoms. The molecule has 0 aromatic carbocycles. The van der Waals surface area contributed by atoms with Crippen molar-refractivity contribution >= 4 is 0 Å². The Morgan fingerprint density at radius 1 is 1.14 bits per heavy atom. The molecule has 1 saturated heterocycles. The summed E-state index contributed by atoms with van der Waals surface area (Å²) in [6.07, 6.45) is 9.08. The number of hydrogen-bond acceptors (Lipinski definition) is 2. The van der Waals surface area contributed by atoms with Crippen molar-refractivity contribution in [3.05, 3.63) is 0 Å². The Morgan fingerprint density at radius 3 is 2.43 bits per heavy atom. The summed E-state index contributed by atoms with van der Waals surface area (Å²) in [5.41, 5.74) is 6.32. The Bertz CT molecular complexity index is 141. The molecule has 0 amide bonds. The van der Waals surface area contributed by atoms with E-state index in [0.717, 1.165) is 19.8 Å². The van der Waals surface area contributed by atoms with Crippen LogP contribution in [0.25, 0.3) is 0 Å².